The Morgan fingerprint density at radius 2 is 1.81 bits per heavy atom. The van der Waals surface area contributed by atoms with Crippen molar-refractivity contribution in [1.29, 1.82) is 0 Å². The number of carbonyl (C=O) groups is 2. The molecule has 3 aromatic carbocycles. The number of benzene rings is 3. The fraction of sp³-hybridized carbons (Fsp3) is 0.0800. The molecule has 0 saturated heterocycles. The summed E-state index contributed by atoms with van der Waals surface area (Å²) >= 11 is 8.60. The molecule has 0 aliphatic heterocycles. The average molecular weight is 539 g/mol. The van der Waals surface area contributed by atoms with Crippen molar-refractivity contribution in [3.63, 3.8) is 0 Å². The smallest absolute Gasteiger partial charge is 0.270 e. The third-order valence-corrected chi connectivity index (χ3v) is 7.07. The Hall–Kier alpha value is -3.73. The summed E-state index contributed by atoms with van der Waals surface area (Å²) in [6.07, 6.45) is 0. The fourth-order valence-corrected chi connectivity index (χ4v) is 4.94. The minimum Gasteiger partial charge on any atom is -0.322 e. The van der Waals surface area contributed by atoms with Gasteiger partial charge in [0, 0.05) is 44.2 Å². The van der Waals surface area contributed by atoms with Gasteiger partial charge in [-0.2, -0.15) is 0 Å². The van der Waals surface area contributed by atoms with Crippen LogP contribution in [0.15, 0.2) is 83.1 Å². The molecule has 1 unspecified atom stereocenters. The van der Waals surface area contributed by atoms with Crippen molar-refractivity contribution in [2.24, 2.45) is 0 Å². The summed E-state index contributed by atoms with van der Waals surface area (Å²) in [7, 11) is 0. The number of halogens is 1. The fourth-order valence-electron chi connectivity index (χ4n) is 3.16. The molecule has 0 bridgehead atoms. The number of rotatable bonds is 8. The van der Waals surface area contributed by atoms with E-state index in [9.17, 15) is 19.7 Å². The highest BCUT2D eigenvalue weighted by Crippen LogP contribution is 2.29. The topological polar surface area (TPSA) is 114 Å². The summed E-state index contributed by atoms with van der Waals surface area (Å²) in [6, 6.07) is 19.9. The van der Waals surface area contributed by atoms with Gasteiger partial charge in [-0.05, 0) is 43.3 Å². The summed E-state index contributed by atoms with van der Waals surface area (Å²) < 4.78 is 0. The Kier molecular flexibility index (Phi) is 7.99. The maximum atomic E-state index is 12.7. The van der Waals surface area contributed by atoms with Gasteiger partial charge in [-0.3, -0.25) is 19.7 Å². The van der Waals surface area contributed by atoms with Crippen LogP contribution >= 0.6 is 34.7 Å². The van der Waals surface area contributed by atoms with E-state index in [1.165, 1.54) is 47.4 Å². The Morgan fingerprint density at radius 1 is 1.06 bits per heavy atom. The van der Waals surface area contributed by atoms with Crippen LogP contribution in [0.5, 0.6) is 0 Å². The van der Waals surface area contributed by atoms with Gasteiger partial charge in [0.05, 0.1) is 15.9 Å². The van der Waals surface area contributed by atoms with E-state index in [2.05, 4.69) is 15.6 Å². The normalized spacial score (nSPS) is 11.5. The third kappa shape index (κ3) is 6.48. The number of aromatic nitrogens is 1. The predicted octanol–water partition coefficient (Wildman–Crippen LogP) is 6.74. The van der Waals surface area contributed by atoms with Crippen LogP contribution in [0.1, 0.15) is 17.3 Å². The Balaban J connectivity index is 1.36. The quantitative estimate of drug-likeness (QED) is 0.146. The lowest BCUT2D eigenvalue weighted by Gasteiger charge is -2.12. The van der Waals surface area contributed by atoms with E-state index in [1.54, 1.807) is 37.3 Å². The monoisotopic (exact) mass is 538 g/mol. The number of amides is 2. The molecule has 0 spiro atoms. The van der Waals surface area contributed by atoms with Crippen LogP contribution in [0.25, 0.3) is 11.3 Å². The van der Waals surface area contributed by atoms with Crippen LogP contribution in [-0.2, 0) is 4.79 Å². The number of nitro groups is 1. The molecule has 182 valence electrons. The van der Waals surface area contributed by atoms with E-state index in [0.29, 0.717) is 15.8 Å². The molecule has 2 amide bonds. The largest absolute Gasteiger partial charge is 0.322 e. The van der Waals surface area contributed by atoms with Gasteiger partial charge in [-0.1, -0.05) is 35.9 Å². The molecule has 4 aromatic rings. The van der Waals surface area contributed by atoms with Crippen LogP contribution in [0.2, 0.25) is 5.02 Å². The number of non-ortho nitro benzene ring substituents is 1. The van der Waals surface area contributed by atoms with Crippen LogP contribution in [0.3, 0.4) is 0 Å². The van der Waals surface area contributed by atoms with Gasteiger partial charge in [0.15, 0.2) is 5.13 Å². The van der Waals surface area contributed by atoms with E-state index >= 15 is 0 Å². The molecule has 2 N–H and O–H groups in total. The van der Waals surface area contributed by atoms with Crippen molar-refractivity contribution in [2.45, 2.75) is 17.1 Å². The second kappa shape index (κ2) is 11.3. The lowest BCUT2D eigenvalue weighted by atomic mass is 10.2. The molecule has 0 aliphatic carbocycles. The Labute approximate surface area is 219 Å². The summed E-state index contributed by atoms with van der Waals surface area (Å²) in [4.78, 5) is 40.9. The SMILES string of the molecule is CC(Sc1cccc(NC(=O)c2cccc([N+](=O)[O-])c2)c1)C(=O)Nc1nc(-c2ccc(Cl)cc2)cs1. The maximum absolute atomic E-state index is 12.7. The highest BCUT2D eigenvalue weighted by molar-refractivity contribution is 8.00. The number of nitrogens with one attached hydrogen (secondary N) is 2. The summed E-state index contributed by atoms with van der Waals surface area (Å²) in [5.41, 5.74) is 2.18. The van der Waals surface area contributed by atoms with Crippen LogP contribution < -0.4 is 10.6 Å². The van der Waals surface area contributed by atoms with Gasteiger partial charge in [0.1, 0.15) is 0 Å². The van der Waals surface area contributed by atoms with Crippen LogP contribution in [0.4, 0.5) is 16.5 Å². The first-order valence-corrected chi connectivity index (χ1v) is 12.8. The van der Waals surface area contributed by atoms with E-state index in [0.717, 1.165) is 16.2 Å². The molecular weight excluding hydrogens is 520 g/mol. The number of thiazole rings is 1. The molecule has 0 radical (unpaired) electrons. The standard InChI is InChI=1S/C25H19ClN4O4S2/c1-15(23(31)29-25-28-22(14-35-25)16-8-10-18(26)11-9-16)36-21-7-3-5-19(13-21)27-24(32)17-4-2-6-20(12-17)30(33)34/h2-15H,1H3,(H,27,32)(H,28,29,31). The van der Waals surface area contributed by atoms with Crippen molar-refractivity contribution in [3.05, 3.63) is 98.9 Å². The van der Waals surface area contributed by atoms with E-state index in [1.807, 2.05) is 23.6 Å². The summed E-state index contributed by atoms with van der Waals surface area (Å²) in [5.74, 6) is -0.671. The molecule has 1 aromatic heterocycles. The molecule has 1 atom stereocenters. The van der Waals surface area contributed by atoms with Gasteiger partial charge in [-0.25, -0.2) is 4.98 Å². The predicted molar refractivity (Wildman–Crippen MR) is 144 cm³/mol. The van der Waals surface area contributed by atoms with E-state index < -0.39 is 16.1 Å². The summed E-state index contributed by atoms with van der Waals surface area (Å²) in [6.45, 7) is 1.78. The molecular formula is C25H19ClN4O4S2. The van der Waals surface area contributed by atoms with Gasteiger partial charge >= 0.3 is 0 Å². The zero-order chi connectivity index (χ0) is 25.7. The molecule has 0 aliphatic rings. The van der Waals surface area contributed by atoms with Crippen molar-refractivity contribution >= 4 is 63.0 Å². The number of hydrogen-bond donors (Lipinski definition) is 2. The molecule has 0 saturated carbocycles. The van der Waals surface area contributed by atoms with Crippen molar-refractivity contribution in [3.8, 4) is 11.3 Å². The number of carbonyl (C=O) groups excluding carboxylic acids is 2. The van der Waals surface area contributed by atoms with Gasteiger partial charge in [-0.15, -0.1) is 23.1 Å². The van der Waals surface area contributed by atoms with Gasteiger partial charge in [0.25, 0.3) is 11.6 Å². The zero-order valence-corrected chi connectivity index (χ0v) is 21.2. The lowest BCUT2D eigenvalue weighted by molar-refractivity contribution is -0.384. The minimum absolute atomic E-state index is 0.160. The van der Waals surface area contributed by atoms with Crippen LogP contribution in [0, 0.1) is 10.1 Å². The number of nitrogens with zero attached hydrogens (tertiary/aromatic N) is 2. The van der Waals surface area contributed by atoms with Gasteiger partial charge in [0.2, 0.25) is 5.91 Å². The van der Waals surface area contributed by atoms with Crippen molar-refractivity contribution in [1.82, 2.24) is 4.98 Å². The molecule has 1 heterocycles. The van der Waals surface area contributed by atoms with Gasteiger partial charge < -0.3 is 10.6 Å². The summed E-state index contributed by atoms with van der Waals surface area (Å²) in [5, 5.41) is 19.1. The van der Waals surface area contributed by atoms with E-state index in [-0.39, 0.29) is 17.2 Å². The zero-order valence-electron chi connectivity index (χ0n) is 18.8. The molecule has 8 nitrogen and oxygen atoms in total. The first-order valence-electron chi connectivity index (χ1n) is 10.6. The molecule has 0 fully saturated rings. The van der Waals surface area contributed by atoms with Crippen LogP contribution in [-0.4, -0.2) is 27.0 Å². The molecule has 4 rings (SSSR count). The highest BCUT2D eigenvalue weighted by atomic mass is 35.5. The minimum atomic E-state index is -0.551. The lowest BCUT2D eigenvalue weighted by Crippen LogP contribution is -2.22. The first kappa shape index (κ1) is 25.4. The number of thioether (sulfide) groups is 1. The van der Waals surface area contributed by atoms with Crippen molar-refractivity contribution < 1.29 is 14.5 Å². The molecule has 11 heteroatoms. The second-order valence-corrected chi connectivity index (χ2v) is 10.3. The Morgan fingerprint density at radius 3 is 2.56 bits per heavy atom. The van der Waals surface area contributed by atoms with Crippen molar-refractivity contribution in [2.75, 3.05) is 10.6 Å². The number of hydrogen-bond acceptors (Lipinski definition) is 7. The first-order chi connectivity index (χ1) is 17.3. The Bertz CT molecular complexity index is 1430. The number of nitro benzene ring substituents is 1. The maximum Gasteiger partial charge on any atom is 0.270 e. The average Bonchev–Trinajstić information content (AvgIpc) is 3.33. The highest BCUT2D eigenvalue weighted by Gasteiger charge is 2.17. The third-order valence-electron chi connectivity index (χ3n) is 4.97. The number of anilines is 2. The molecule has 36 heavy (non-hydrogen) atoms. The second-order valence-electron chi connectivity index (χ2n) is 7.58. The van der Waals surface area contributed by atoms with E-state index in [4.69, 9.17) is 11.6 Å².